The average Bonchev–Trinajstić information content (AvgIpc) is 2.47. The van der Waals surface area contributed by atoms with Crippen LogP contribution in [-0.4, -0.2) is 48.2 Å². The van der Waals surface area contributed by atoms with Crippen LogP contribution >= 0.6 is 0 Å². The number of hydrogen-bond donors (Lipinski definition) is 0. The van der Waals surface area contributed by atoms with Crippen LogP contribution in [0, 0.1) is 5.92 Å². The second-order valence-corrected chi connectivity index (χ2v) is 7.48. The van der Waals surface area contributed by atoms with Gasteiger partial charge in [-0.3, -0.25) is 0 Å². The number of carbonyl (C=O) groups is 2. The van der Waals surface area contributed by atoms with Gasteiger partial charge in [-0.25, -0.2) is 4.79 Å². The fourth-order valence-electron chi connectivity index (χ4n) is 3.13. The number of piperidine rings is 1. The lowest BCUT2D eigenvalue weighted by Crippen LogP contribution is -2.44. The molecule has 0 atom stereocenters. The SMILES string of the molecule is CC(C)(C)OC(=O)N1CCC(OC2CCC(C=O)CC2)CC1. The molecule has 0 radical (unpaired) electrons. The van der Waals surface area contributed by atoms with E-state index in [2.05, 4.69) is 0 Å². The Morgan fingerprint density at radius 3 is 2.05 bits per heavy atom. The maximum Gasteiger partial charge on any atom is 0.410 e. The van der Waals surface area contributed by atoms with Crippen LogP contribution in [0.3, 0.4) is 0 Å². The van der Waals surface area contributed by atoms with Gasteiger partial charge in [0, 0.05) is 19.0 Å². The van der Waals surface area contributed by atoms with E-state index in [4.69, 9.17) is 9.47 Å². The molecule has 1 amide bonds. The number of hydrogen-bond acceptors (Lipinski definition) is 4. The third-order valence-electron chi connectivity index (χ3n) is 4.39. The van der Waals surface area contributed by atoms with Gasteiger partial charge >= 0.3 is 6.09 Å². The molecule has 0 aromatic heterocycles. The number of aldehydes is 1. The molecule has 2 rings (SSSR count). The Balaban J connectivity index is 1.69. The molecule has 1 saturated carbocycles. The highest BCUT2D eigenvalue weighted by Gasteiger charge is 2.29. The predicted molar refractivity (Wildman–Crippen MR) is 83.7 cm³/mol. The molecule has 0 spiro atoms. The second-order valence-electron chi connectivity index (χ2n) is 7.48. The topological polar surface area (TPSA) is 55.8 Å². The van der Waals surface area contributed by atoms with Crippen molar-refractivity contribution in [3.63, 3.8) is 0 Å². The summed E-state index contributed by atoms with van der Waals surface area (Å²) >= 11 is 0. The van der Waals surface area contributed by atoms with Gasteiger partial charge in [0.25, 0.3) is 0 Å². The summed E-state index contributed by atoms with van der Waals surface area (Å²) in [6, 6.07) is 0. The summed E-state index contributed by atoms with van der Waals surface area (Å²) in [5, 5.41) is 0. The zero-order valence-corrected chi connectivity index (χ0v) is 14.0. The molecular weight excluding hydrogens is 282 g/mol. The van der Waals surface area contributed by atoms with Gasteiger partial charge in [-0.15, -0.1) is 0 Å². The Morgan fingerprint density at radius 1 is 1.00 bits per heavy atom. The van der Waals surface area contributed by atoms with Gasteiger partial charge < -0.3 is 19.2 Å². The van der Waals surface area contributed by atoms with E-state index in [1.54, 1.807) is 4.90 Å². The molecule has 0 bridgehead atoms. The summed E-state index contributed by atoms with van der Waals surface area (Å²) in [5.74, 6) is 0.230. The molecule has 5 heteroatoms. The number of ether oxygens (including phenoxy) is 2. The summed E-state index contributed by atoms with van der Waals surface area (Å²) in [4.78, 5) is 24.5. The van der Waals surface area contributed by atoms with Crippen molar-refractivity contribution in [3.05, 3.63) is 0 Å². The first-order chi connectivity index (χ1) is 10.4. The number of amides is 1. The molecule has 2 aliphatic rings. The molecule has 1 aliphatic heterocycles. The van der Waals surface area contributed by atoms with Crippen LogP contribution < -0.4 is 0 Å². The maximum atomic E-state index is 12.0. The van der Waals surface area contributed by atoms with Crippen LogP contribution in [0.25, 0.3) is 0 Å². The van der Waals surface area contributed by atoms with Crippen LogP contribution in [0.15, 0.2) is 0 Å². The highest BCUT2D eigenvalue weighted by molar-refractivity contribution is 5.68. The van der Waals surface area contributed by atoms with Gasteiger partial charge in [-0.05, 0) is 59.3 Å². The summed E-state index contributed by atoms with van der Waals surface area (Å²) in [6.07, 6.45) is 6.97. The molecule has 0 aromatic rings. The minimum atomic E-state index is -0.443. The first kappa shape index (κ1) is 17.3. The second kappa shape index (κ2) is 7.44. The molecule has 0 aromatic carbocycles. The number of likely N-dealkylation sites (tertiary alicyclic amines) is 1. The zero-order valence-electron chi connectivity index (χ0n) is 14.0. The predicted octanol–water partition coefficient (Wildman–Crippen LogP) is 3.16. The van der Waals surface area contributed by atoms with E-state index >= 15 is 0 Å². The normalized spacial score (nSPS) is 27.5. The lowest BCUT2D eigenvalue weighted by Gasteiger charge is -2.36. The van der Waals surface area contributed by atoms with Crippen LogP contribution in [-0.2, 0) is 14.3 Å². The largest absolute Gasteiger partial charge is 0.444 e. The number of rotatable bonds is 3. The first-order valence-electron chi connectivity index (χ1n) is 8.46. The molecule has 5 nitrogen and oxygen atoms in total. The molecule has 1 aliphatic carbocycles. The van der Waals surface area contributed by atoms with E-state index < -0.39 is 5.60 Å². The van der Waals surface area contributed by atoms with Crippen LogP contribution in [0.1, 0.15) is 59.3 Å². The van der Waals surface area contributed by atoms with E-state index in [1.165, 1.54) is 0 Å². The van der Waals surface area contributed by atoms with Gasteiger partial charge in [-0.2, -0.15) is 0 Å². The third kappa shape index (κ3) is 5.27. The van der Waals surface area contributed by atoms with Crippen molar-refractivity contribution in [1.29, 1.82) is 0 Å². The number of carbonyl (C=O) groups excluding carboxylic acids is 2. The van der Waals surface area contributed by atoms with E-state index in [-0.39, 0.29) is 24.2 Å². The fourth-order valence-corrected chi connectivity index (χ4v) is 3.13. The molecule has 0 unspecified atom stereocenters. The molecule has 0 N–H and O–H groups in total. The molecule has 2 fully saturated rings. The van der Waals surface area contributed by atoms with E-state index in [1.807, 2.05) is 20.8 Å². The van der Waals surface area contributed by atoms with Crippen molar-refractivity contribution >= 4 is 12.4 Å². The summed E-state index contributed by atoms with van der Waals surface area (Å²) in [6.45, 7) is 7.05. The minimum Gasteiger partial charge on any atom is -0.444 e. The highest BCUT2D eigenvalue weighted by atomic mass is 16.6. The maximum absolute atomic E-state index is 12.0. The van der Waals surface area contributed by atoms with Crippen molar-refractivity contribution in [2.24, 2.45) is 5.92 Å². The van der Waals surface area contributed by atoms with Crippen LogP contribution in [0.5, 0.6) is 0 Å². The average molecular weight is 311 g/mol. The Morgan fingerprint density at radius 2 is 1.55 bits per heavy atom. The molecule has 22 heavy (non-hydrogen) atoms. The lowest BCUT2D eigenvalue weighted by molar-refractivity contribution is -0.113. The fraction of sp³-hybridized carbons (Fsp3) is 0.882. The molecular formula is C17H29NO4. The van der Waals surface area contributed by atoms with E-state index in [0.29, 0.717) is 13.1 Å². The third-order valence-corrected chi connectivity index (χ3v) is 4.39. The summed E-state index contributed by atoms with van der Waals surface area (Å²) in [5.41, 5.74) is -0.443. The Hall–Kier alpha value is -1.10. The minimum absolute atomic E-state index is 0.225. The van der Waals surface area contributed by atoms with Crippen molar-refractivity contribution in [2.45, 2.75) is 77.1 Å². The van der Waals surface area contributed by atoms with Gasteiger partial charge in [0.1, 0.15) is 11.9 Å². The van der Waals surface area contributed by atoms with E-state index in [0.717, 1.165) is 44.8 Å². The molecule has 1 heterocycles. The Kier molecular flexibility index (Phi) is 5.84. The molecule has 1 saturated heterocycles. The molecule has 126 valence electrons. The summed E-state index contributed by atoms with van der Waals surface area (Å²) < 4.78 is 11.6. The van der Waals surface area contributed by atoms with Gasteiger partial charge in [-0.1, -0.05) is 0 Å². The van der Waals surface area contributed by atoms with Crippen molar-refractivity contribution in [3.8, 4) is 0 Å². The van der Waals surface area contributed by atoms with Crippen molar-refractivity contribution < 1.29 is 19.1 Å². The monoisotopic (exact) mass is 311 g/mol. The van der Waals surface area contributed by atoms with Gasteiger partial charge in [0.15, 0.2) is 0 Å². The van der Waals surface area contributed by atoms with Crippen LogP contribution in [0.4, 0.5) is 4.79 Å². The van der Waals surface area contributed by atoms with Crippen molar-refractivity contribution in [1.82, 2.24) is 4.90 Å². The lowest BCUT2D eigenvalue weighted by atomic mass is 9.88. The van der Waals surface area contributed by atoms with Crippen LogP contribution in [0.2, 0.25) is 0 Å². The highest BCUT2D eigenvalue weighted by Crippen LogP contribution is 2.27. The smallest absolute Gasteiger partial charge is 0.410 e. The Bertz CT molecular complexity index is 375. The first-order valence-corrected chi connectivity index (χ1v) is 8.46. The van der Waals surface area contributed by atoms with E-state index in [9.17, 15) is 9.59 Å². The van der Waals surface area contributed by atoms with Gasteiger partial charge in [0.05, 0.1) is 12.2 Å². The standard InChI is InChI=1S/C17H29NO4/c1-17(2,3)22-16(20)18-10-8-15(9-11-18)21-14-6-4-13(12-19)5-7-14/h12-15H,4-11H2,1-3H3. The Labute approximate surface area is 133 Å². The summed E-state index contributed by atoms with van der Waals surface area (Å²) in [7, 11) is 0. The quantitative estimate of drug-likeness (QED) is 0.751. The van der Waals surface area contributed by atoms with Gasteiger partial charge in [0.2, 0.25) is 0 Å². The van der Waals surface area contributed by atoms with Crippen molar-refractivity contribution in [2.75, 3.05) is 13.1 Å². The zero-order chi connectivity index (χ0) is 16.2. The number of nitrogens with zero attached hydrogens (tertiary/aromatic N) is 1.